The molecule has 1 heterocycles. The predicted molar refractivity (Wildman–Crippen MR) is 60.2 cm³/mol. The second kappa shape index (κ2) is 3.89. The number of aromatic nitrogens is 1. The molecule has 0 atom stereocenters. The molecule has 0 aliphatic heterocycles. The van der Waals surface area contributed by atoms with E-state index >= 15 is 0 Å². The number of hydrogen-bond donors (Lipinski definition) is 0. The minimum absolute atomic E-state index is 0.162. The van der Waals surface area contributed by atoms with E-state index in [0.29, 0.717) is 5.56 Å². The first kappa shape index (κ1) is 9.97. The summed E-state index contributed by atoms with van der Waals surface area (Å²) >= 11 is 0. The number of aryl methyl sites for hydroxylation is 1. The standard InChI is InChI=1S/C13H14FN/c1-3-15-10(2)8-9-13(15)11-6-4-5-7-12(11)14/h4-9H,3H2,1-2H3. The number of rotatable bonds is 2. The molecule has 1 nitrogen and oxygen atoms in total. The Kier molecular flexibility index (Phi) is 2.58. The quantitative estimate of drug-likeness (QED) is 0.702. The second-order valence-electron chi connectivity index (χ2n) is 3.58. The van der Waals surface area contributed by atoms with Crippen molar-refractivity contribution in [1.29, 1.82) is 0 Å². The van der Waals surface area contributed by atoms with Gasteiger partial charge < -0.3 is 4.57 Å². The zero-order valence-corrected chi connectivity index (χ0v) is 9.00. The molecule has 2 rings (SSSR count). The third-order valence-corrected chi connectivity index (χ3v) is 2.66. The molecule has 0 aliphatic rings. The Morgan fingerprint density at radius 3 is 2.53 bits per heavy atom. The first-order valence-corrected chi connectivity index (χ1v) is 5.15. The largest absolute Gasteiger partial charge is 0.345 e. The molecule has 0 N–H and O–H groups in total. The van der Waals surface area contributed by atoms with Crippen LogP contribution in [0, 0.1) is 12.7 Å². The highest BCUT2D eigenvalue weighted by molar-refractivity contribution is 5.61. The first-order chi connectivity index (χ1) is 7.24. The zero-order valence-electron chi connectivity index (χ0n) is 9.00. The monoisotopic (exact) mass is 203 g/mol. The number of nitrogens with zero attached hydrogens (tertiary/aromatic N) is 1. The van der Waals surface area contributed by atoms with Gasteiger partial charge in [-0.1, -0.05) is 12.1 Å². The Labute approximate surface area is 89.2 Å². The van der Waals surface area contributed by atoms with Crippen molar-refractivity contribution in [2.75, 3.05) is 0 Å². The highest BCUT2D eigenvalue weighted by atomic mass is 19.1. The van der Waals surface area contributed by atoms with Crippen molar-refractivity contribution in [3.8, 4) is 11.3 Å². The van der Waals surface area contributed by atoms with E-state index in [9.17, 15) is 4.39 Å². The molecule has 2 aromatic rings. The highest BCUT2D eigenvalue weighted by Crippen LogP contribution is 2.24. The number of benzene rings is 1. The Bertz CT molecular complexity index is 471. The van der Waals surface area contributed by atoms with Gasteiger partial charge in [0.15, 0.2) is 0 Å². The molecule has 0 unspecified atom stereocenters. The van der Waals surface area contributed by atoms with Crippen LogP contribution >= 0.6 is 0 Å². The molecule has 1 aromatic heterocycles. The van der Waals surface area contributed by atoms with Crippen molar-refractivity contribution in [2.45, 2.75) is 20.4 Å². The average molecular weight is 203 g/mol. The first-order valence-electron chi connectivity index (χ1n) is 5.15. The van der Waals surface area contributed by atoms with Gasteiger partial charge in [-0.3, -0.25) is 0 Å². The van der Waals surface area contributed by atoms with E-state index in [1.165, 1.54) is 6.07 Å². The van der Waals surface area contributed by atoms with Crippen LogP contribution < -0.4 is 0 Å². The summed E-state index contributed by atoms with van der Waals surface area (Å²) in [4.78, 5) is 0. The third-order valence-electron chi connectivity index (χ3n) is 2.66. The fourth-order valence-corrected chi connectivity index (χ4v) is 1.89. The van der Waals surface area contributed by atoms with Crippen LogP contribution in [0.15, 0.2) is 36.4 Å². The minimum Gasteiger partial charge on any atom is -0.345 e. The fourth-order valence-electron chi connectivity index (χ4n) is 1.89. The molecule has 15 heavy (non-hydrogen) atoms. The van der Waals surface area contributed by atoms with Crippen LogP contribution in [0.25, 0.3) is 11.3 Å². The van der Waals surface area contributed by atoms with E-state index in [1.54, 1.807) is 6.07 Å². The summed E-state index contributed by atoms with van der Waals surface area (Å²) in [6.07, 6.45) is 0. The summed E-state index contributed by atoms with van der Waals surface area (Å²) in [5.41, 5.74) is 2.79. The lowest BCUT2D eigenvalue weighted by Crippen LogP contribution is -1.99. The van der Waals surface area contributed by atoms with E-state index in [0.717, 1.165) is 17.9 Å². The normalized spacial score (nSPS) is 10.6. The van der Waals surface area contributed by atoms with Crippen molar-refractivity contribution < 1.29 is 4.39 Å². The minimum atomic E-state index is -0.162. The van der Waals surface area contributed by atoms with Crippen LogP contribution in [-0.2, 0) is 6.54 Å². The lowest BCUT2D eigenvalue weighted by atomic mass is 10.1. The van der Waals surface area contributed by atoms with Crippen molar-refractivity contribution in [1.82, 2.24) is 4.57 Å². The maximum absolute atomic E-state index is 13.6. The second-order valence-corrected chi connectivity index (χ2v) is 3.58. The molecule has 0 saturated heterocycles. The fraction of sp³-hybridized carbons (Fsp3) is 0.231. The van der Waals surface area contributed by atoms with E-state index in [2.05, 4.69) is 11.5 Å². The van der Waals surface area contributed by atoms with Crippen molar-refractivity contribution in [3.05, 3.63) is 47.9 Å². The van der Waals surface area contributed by atoms with Crippen LogP contribution in [0.4, 0.5) is 4.39 Å². The summed E-state index contributed by atoms with van der Waals surface area (Å²) in [5.74, 6) is -0.162. The summed E-state index contributed by atoms with van der Waals surface area (Å²) in [6, 6.07) is 10.9. The number of halogens is 1. The predicted octanol–water partition coefficient (Wildman–Crippen LogP) is 3.62. The zero-order chi connectivity index (χ0) is 10.8. The lowest BCUT2D eigenvalue weighted by Gasteiger charge is -2.09. The third kappa shape index (κ3) is 1.67. The number of hydrogen-bond acceptors (Lipinski definition) is 0. The van der Waals surface area contributed by atoms with E-state index in [1.807, 2.05) is 31.2 Å². The van der Waals surface area contributed by atoms with Gasteiger partial charge in [0.05, 0.1) is 5.69 Å². The van der Waals surface area contributed by atoms with Gasteiger partial charge in [0.1, 0.15) is 5.82 Å². The van der Waals surface area contributed by atoms with Crippen molar-refractivity contribution in [2.24, 2.45) is 0 Å². The van der Waals surface area contributed by atoms with Gasteiger partial charge in [0.2, 0.25) is 0 Å². The summed E-state index contributed by atoms with van der Waals surface area (Å²) in [5, 5.41) is 0. The smallest absolute Gasteiger partial charge is 0.132 e. The van der Waals surface area contributed by atoms with Crippen LogP contribution in [0.2, 0.25) is 0 Å². The van der Waals surface area contributed by atoms with E-state index < -0.39 is 0 Å². The summed E-state index contributed by atoms with van der Waals surface area (Å²) in [6.45, 7) is 4.97. The topological polar surface area (TPSA) is 4.93 Å². The molecule has 2 heteroatoms. The SMILES string of the molecule is CCn1c(C)ccc1-c1ccccc1F. The maximum Gasteiger partial charge on any atom is 0.132 e. The van der Waals surface area contributed by atoms with Crippen LogP contribution in [0.1, 0.15) is 12.6 Å². The van der Waals surface area contributed by atoms with E-state index in [-0.39, 0.29) is 5.82 Å². The molecule has 1 aromatic carbocycles. The van der Waals surface area contributed by atoms with Gasteiger partial charge in [-0.25, -0.2) is 4.39 Å². The van der Waals surface area contributed by atoms with Gasteiger partial charge >= 0.3 is 0 Å². The Morgan fingerprint density at radius 2 is 1.87 bits per heavy atom. The molecule has 0 bridgehead atoms. The molecular formula is C13H14FN. The maximum atomic E-state index is 13.6. The van der Waals surface area contributed by atoms with Crippen LogP contribution in [0.3, 0.4) is 0 Å². The molecule has 0 fully saturated rings. The molecule has 0 radical (unpaired) electrons. The molecule has 0 amide bonds. The van der Waals surface area contributed by atoms with Crippen LogP contribution in [0.5, 0.6) is 0 Å². The Morgan fingerprint density at radius 1 is 1.13 bits per heavy atom. The molecule has 0 saturated carbocycles. The van der Waals surface area contributed by atoms with Crippen molar-refractivity contribution >= 4 is 0 Å². The van der Waals surface area contributed by atoms with Gasteiger partial charge in [-0.15, -0.1) is 0 Å². The van der Waals surface area contributed by atoms with E-state index in [4.69, 9.17) is 0 Å². The van der Waals surface area contributed by atoms with Crippen LogP contribution in [-0.4, -0.2) is 4.57 Å². The Balaban J connectivity index is 2.59. The summed E-state index contributed by atoms with van der Waals surface area (Å²) < 4.78 is 15.7. The van der Waals surface area contributed by atoms with Gasteiger partial charge in [0.25, 0.3) is 0 Å². The molecule has 0 aliphatic carbocycles. The van der Waals surface area contributed by atoms with Gasteiger partial charge in [0, 0.05) is 17.8 Å². The average Bonchev–Trinajstić information content (AvgIpc) is 2.60. The van der Waals surface area contributed by atoms with Gasteiger partial charge in [-0.05, 0) is 38.1 Å². The lowest BCUT2D eigenvalue weighted by molar-refractivity contribution is 0.628. The highest BCUT2D eigenvalue weighted by Gasteiger charge is 2.09. The van der Waals surface area contributed by atoms with Gasteiger partial charge in [-0.2, -0.15) is 0 Å². The molecular weight excluding hydrogens is 189 g/mol. The summed E-state index contributed by atoms with van der Waals surface area (Å²) in [7, 11) is 0. The van der Waals surface area contributed by atoms with Crippen molar-refractivity contribution in [3.63, 3.8) is 0 Å². The molecule has 0 spiro atoms. The Hall–Kier alpha value is -1.57. The molecule has 78 valence electrons.